The number of aromatic nitrogens is 2. The number of aryl methyl sites for hydroxylation is 2. The van der Waals surface area contributed by atoms with E-state index in [0.29, 0.717) is 6.04 Å². The van der Waals surface area contributed by atoms with Crippen molar-refractivity contribution in [2.24, 2.45) is 0 Å². The summed E-state index contributed by atoms with van der Waals surface area (Å²) in [6.07, 6.45) is 4.32. The summed E-state index contributed by atoms with van der Waals surface area (Å²) in [5.74, 6) is 1.92. The summed E-state index contributed by atoms with van der Waals surface area (Å²) in [5.41, 5.74) is 1.10. The molecular formula is C16H26N4O. The molecule has 2 aliphatic heterocycles. The van der Waals surface area contributed by atoms with Gasteiger partial charge in [-0.15, -0.1) is 0 Å². The average Bonchev–Trinajstić information content (AvgIpc) is 3.00. The predicted octanol–water partition coefficient (Wildman–Crippen LogP) is 1.25. The third kappa shape index (κ3) is 2.90. The second-order valence-electron chi connectivity index (χ2n) is 6.12. The summed E-state index contributed by atoms with van der Waals surface area (Å²) in [6, 6.07) is 2.88. The first kappa shape index (κ1) is 14.7. The summed E-state index contributed by atoms with van der Waals surface area (Å²) in [4.78, 5) is 14.1. The Kier molecular flexibility index (Phi) is 4.40. The molecular weight excluding hydrogens is 264 g/mol. The molecule has 0 aromatic carbocycles. The lowest BCUT2D eigenvalue weighted by Crippen LogP contribution is -2.57. The highest BCUT2D eigenvalue weighted by molar-refractivity contribution is 5.43. The first-order valence-corrected chi connectivity index (χ1v) is 8.23. The highest BCUT2D eigenvalue weighted by Gasteiger charge is 2.36. The largest absolute Gasteiger partial charge is 0.394 e. The molecule has 21 heavy (non-hydrogen) atoms. The smallest absolute Gasteiger partial charge is 0.132 e. The number of piperazine rings is 1. The quantitative estimate of drug-likeness (QED) is 0.904. The van der Waals surface area contributed by atoms with E-state index in [4.69, 9.17) is 4.98 Å². The van der Waals surface area contributed by atoms with Crippen LogP contribution in [-0.2, 0) is 12.8 Å². The van der Waals surface area contributed by atoms with Gasteiger partial charge in [0.2, 0.25) is 0 Å². The molecule has 0 bridgehead atoms. The summed E-state index contributed by atoms with van der Waals surface area (Å²) in [6.45, 7) is 7.53. The molecule has 1 aromatic heterocycles. The average molecular weight is 290 g/mol. The van der Waals surface area contributed by atoms with Gasteiger partial charge in [-0.05, 0) is 25.8 Å². The molecule has 0 aliphatic carbocycles. The third-order valence-electron chi connectivity index (χ3n) is 4.79. The van der Waals surface area contributed by atoms with Crippen LogP contribution in [0.1, 0.15) is 38.2 Å². The molecule has 0 saturated carbocycles. The molecule has 116 valence electrons. The van der Waals surface area contributed by atoms with E-state index in [-0.39, 0.29) is 12.6 Å². The molecule has 5 nitrogen and oxygen atoms in total. The van der Waals surface area contributed by atoms with E-state index in [1.54, 1.807) is 0 Å². The number of hydrogen-bond donors (Lipinski definition) is 1. The topological polar surface area (TPSA) is 52.5 Å². The lowest BCUT2D eigenvalue weighted by Gasteiger charge is -2.43. The normalized spacial score (nSPS) is 26.1. The maximum absolute atomic E-state index is 9.78. The molecule has 1 N–H and O–H groups in total. The molecule has 2 aliphatic rings. The van der Waals surface area contributed by atoms with Gasteiger partial charge in [-0.1, -0.05) is 13.8 Å². The Morgan fingerprint density at radius 1 is 1.24 bits per heavy atom. The first-order chi connectivity index (χ1) is 10.2. The van der Waals surface area contributed by atoms with E-state index in [9.17, 15) is 5.11 Å². The number of aliphatic hydroxyl groups is 1. The number of nitrogens with zero attached hydrogens (tertiary/aromatic N) is 4. The molecule has 2 saturated heterocycles. The Morgan fingerprint density at radius 2 is 2.10 bits per heavy atom. The predicted molar refractivity (Wildman–Crippen MR) is 83.6 cm³/mol. The third-order valence-corrected chi connectivity index (χ3v) is 4.79. The maximum Gasteiger partial charge on any atom is 0.132 e. The molecule has 1 aromatic rings. The van der Waals surface area contributed by atoms with Gasteiger partial charge in [-0.3, -0.25) is 4.90 Å². The maximum atomic E-state index is 9.78. The zero-order valence-corrected chi connectivity index (χ0v) is 13.1. The van der Waals surface area contributed by atoms with E-state index in [0.717, 1.165) is 43.3 Å². The zero-order valence-electron chi connectivity index (χ0n) is 13.1. The van der Waals surface area contributed by atoms with Gasteiger partial charge >= 0.3 is 0 Å². The number of hydrogen-bond acceptors (Lipinski definition) is 5. The second-order valence-corrected chi connectivity index (χ2v) is 6.12. The van der Waals surface area contributed by atoms with Crippen molar-refractivity contribution in [1.29, 1.82) is 0 Å². The van der Waals surface area contributed by atoms with Crippen molar-refractivity contribution in [2.75, 3.05) is 31.1 Å². The van der Waals surface area contributed by atoms with Crippen LogP contribution >= 0.6 is 0 Å². The second kappa shape index (κ2) is 6.28. The van der Waals surface area contributed by atoms with E-state index in [1.165, 1.54) is 19.4 Å². The van der Waals surface area contributed by atoms with Gasteiger partial charge in [0.15, 0.2) is 0 Å². The number of aliphatic hydroxyl groups excluding tert-OH is 1. The Morgan fingerprint density at radius 3 is 2.81 bits per heavy atom. The van der Waals surface area contributed by atoms with Crippen LogP contribution < -0.4 is 4.90 Å². The molecule has 2 atom stereocenters. The molecule has 0 unspecified atom stereocenters. The molecule has 3 heterocycles. The van der Waals surface area contributed by atoms with Gasteiger partial charge in [0.1, 0.15) is 11.6 Å². The van der Waals surface area contributed by atoms with Crippen LogP contribution in [0.5, 0.6) is 0 Å². The minimum Gasteiger partial charge on any atom is -0.394 e. The summed E-state index contributed by atoms with van der Waals surface area (Å²) < 4.78 is 0. The summed E-state index contributed by atoms with van der Waals surface area (Å²) >= 11 is 0. The van der Waals surface area contributed by atoms with Crippen molar-refractivity contribution in [3.05, 3.63) is 17.6 Å². The van der Waals surface area contributed by atoms with Gasteiger partial charge in [0.05, 0.1) is 12.6 Å². The van der Waals surface area contributed by atoms with Crippen molar-refractivity contribution in [3.63, 3.8) is 0 Å². The van der Waals surface area contributed by atoms with Crippen LogP contribution in [0.15, 0.2) is 6.07 Å². The number of rotatable bonds is 4. The lowest BCUT2D eigenvalue weighted by atomic mass is 10.1. The van der Waals surface area contributed by atoms with Crippen molar-refractivity contribution in [3.8, 4) is 0 Å². The molecule has 0 spiro atoms. The van der Waals surface area contributed by atoms with Gasteiger partial charge < -0.3 is 10.0 Å². The van der Waals surface area contributed by atoms with Crippen LogP contribution in [0.25, 0.3) is 0 Å². The van der Waals surface area contributed by atoms with Crippen molar-refractivity contribution >= 4 is 5.82 Å². The monoisotopic (exact) mass is 290 g/mol. The van der Waals surface area contributed by atoms with E-state index >= 15 is 0 Å². The Balaban J connectivity index is 1.89. The fourth-order valence-electron chi connectivity index (χ4n) is 3.55. The highest BCUT2D eigenvalue weighted by atomic mass is 16.3. The van der Waals surface area contributed by atoms with Gasteiger partial charge in [-0.2, -0.15) is 0 Å². The van der Waals surface area contributed by atoms with Gasteiger partial charge in [-0.25, -0.2) is 9.97 Å². The molecule has 3 rings (SSSR count). The SMILES string of the molecule is CCc1cc(N2C[C@@H]3CCCN3C[C@@H]2CO)nc(CC)n1. The van der Waals surface area contributed by atoms with Crippen LogP contribution in [0.4, 0.5) is 5.82 Å². The van der Waals surface area contributed by atoms with Gasteiger partial charge in [0.25, 0.3) is 0 Å². The molecule has 0 amide bonds. The number of fused-ring (bicyclic) bond motifs is 1. The highest BCUT2D eigenvalue weighted by Crippen LogP contribution is 2.28. The minimum atomic E-state index is 0.156. The Hall–Kier alpha value is -1.20. The standard InChI is InChI=1S/C16H26N4O/c1-3-12-8-16(18-15(4-2)17-12)20-10-13-6-5-7-19(13)9-14(20)11-21/h8,13-14,21H,3-7,9-11H2,1-2H3/t13-,14+/m0/s1. The molecule has 5 heteroatoms. The molecule has 2 fully saturated rings. The van der Waals surface area contributed by atoms with Crippen LogP contribution in [-0.4, -0.2) is 58.3 Å². The fourth-order valence-corrected chi connectivity index (χ4v) is 3.55. The van der Waals surface area contributed by atoms with Crippen LogP contribution in [0, 0.1) is 0 Å². The van der Waals surface area contributed by atoms with E-state index < -0.39 is 0 Å². The van der Waals surface area contributed by atoms with Crippen molar-refractivity contribution in [1.82, 2.24) is 14.9 Å². The van der Waals surface area contributed by atoms with E-state index in [2.05, 4.69) is 34.7 Å². The summed E-state index contributed by atoms with van der Waals surface area (Å²) in [7, 11) is 0. The van der Waals surface area contributed by atoms with Crippen molar-refractivity contribution in [2.45, 2.75) is 51.6 Å². The Bertz CT molecular complexity index is 471. The molecule has 0 radical (unpaired) electrons. The minimum absolute atomic E-state index is 0.156. The Labute approximate surface area is 127 Å². The van der Waals surface area contributed by atoms with Gasteiger partial charge in [0, 0.05) is 37.3 Å². The first-order valence-electron chi connectivity index (χ1n) is 8.23. The fraction of sp³-hybridized carbons (Fsp3) is 0.750. The van der Waals surface area contributed by atoms with Crippen molar-refractivity contribution < 1.29 is 5.11 Å². The summed E-state index contributed by atoms with van der Waals surface area (Å²) in [5, 5.41) is 9.78. The van der Waals surface area contributed by atoms with Crippen LogP contribution in [0.3, 0.4) is 0 Å². The van der Waals surface area contributed by atoms with Crippen LogP contribution in [0.2, 0.25) is 0 Å². The van der Waals surface area contributed by atoms with E-state index in [1.807, 2.05) is 0 Å². The number of anilines is 1. The zero-order chi connectivity index (χ0) is 14.8. The lowest BCUT2D eigenvalue weighted by molar-refractivity contribution is 0.152.